The minimum Gasteiger partial charge on any atom is -0.378 e. The Hall–Kier alpha value is -1.39. The molecule has 0 radical (unpaired) electrons. The molecule has 20 heavy (non-hydrogen) atoms. The lowest BCUT2D eigenvalue weighted by Gasteiger charge is -2.28. The predicted octanol–water partition coefficient (Wildman–Crippen LogP) is 1.59. The van der Waals surface area contributed by atoms with E-state index < -0.39 is 0 Å². The molecule has 4 nitrogen and oxygen atoms in total. The van der Waals surface area contributed by atoms with Gasteiger partial charge in [0.25, 0.3) is 0 Å². The molecule has 110 valence electrons. The van der Waals surface area contributed by atoms with Crippen LogP contribution < -0.4 is 0 Å². The molecule has 1 saturated heterocycles. The number of nitrogens with zero attached hydrogens (tertiary/aromatic N) is 2. The lowest BCUT2D eigenvalue weighted by molar-refractivity contribution is -0.136. The summed E-state index contributed by atoms with van der Waals surface area (Å²) >= 11 is 0. The summed E-state index contributed by atoms with van der Waals surface area (Å²) < 4.78 is 5.27. The van der Waals surface area contributed by atoms with Gasteiger partial charge in [-0.1, -0.05) is 29.3 Å². The molecular weight excluding hydrogens is 252 g/mol. The molecule has 4 heteroatoms. The van der Waals surface area contributed by atoms with Crippen LogP contribution in [-0.2, 0) is 16.1 Å². The van der Waals surface area contributed by atoms with Gasteiger partial charge in [0.15, 0.2) is 0 Å². The van der Waals surface area contributed by atoms with Crippen LogP contribution in [0.1, 0.15) is 16.7 Å². The van der Waals surface area contributed by atoms with Gasteiger partial charge in [-0.15, -0.1) is 0 Å². The predicted molar refractivity (Wildman–Crippen MR) is 79.6 cm³/mol. The highest BCUT2D eigenvalue weighted by Gasteiger charge is 2.18. The van der Waals surface area contributed by atoms with Crippen LogP contribution in [0.5, 0.6) is 0 Å². The fourth-order valence-electron chi connectivity index (χ4n) is 2.67. The summed E-state index contributed by atoms with van der Waals surface area (Å²) in [6.07, 6.45) is 0. The van der Waals surface area contributed by atoms with Gasteiger partial charge >= 0.3 is 0 Å². The molecule has 1 aliphatic heterocycles. The monoisotopic (exact) mass is 276 g/mol. The number of hydrogen-bond donors (Lipinski definition) is 0. The van der Waals surface area contributed by atoms with Gasteiger partial charge in [0.05, 0.1) is 19.8 Å². The standard InChI is InChI=1S/C16H24N2O2/c1-13-8-14(2)10-15(9-13)11-17(3)12-16(19)18-4-6-20-7-5-18/h8-10H,4-7,11-12H2,1-3H3. The number of carbonyl (C=O) groups is 1. The Morgan fingerprint density at radius 2 is 1.80 bits per heavy atom. The highest BCUT2D eigenvalue weighted by molar-refractivity contribution is 5.78. The second-order valence-electron chi connectivity index (χ2n) is 5.66. The van der Waals surface area contributed by atoms with E-state index >= 15 is 0 Å². The van der Waals surface area contributed by atoms with Crippen LogP contribution in [-0.4, -0.2) is 55.6 Å². The van der Waals surface area contributed by atoms with E-state index in [4.69, 9.17) is 4.74 Å². The van der Waals surface area contributed by atoms with Crippen molar-refractivity contribution in [3.05, 3.63) is 34.9 Å². The number of carbonyl (C=O) groups excluding carboxylic acids is 1. The third-order valence-corrected chi connectivity index (χ3v) is 3.50. The van der Waals surface area contributed by atoms with E-state index in [9.17, 15) is 4.79 Å². The fourth-order valence-corrected chi connectivity index (χ4v) is 2.67. The molecule has 2 rings (SSSR count). The number of ether oxygens (including phenoxy) is 1. The van der Waals surface area contributed by atoms with Gasteiger partial charge in [0.2, 0.25) is 5.91 Å². The smallest absolute Gasteiger partial charge is 0.236 e. The van der Waals surface area contributed by atoms with Crippen molar-refractivity contribution < 1.29 is 9.53 Å². The minimum absolute atomic E-state index is 0.195. The Labute approximate surface area is 121 Å². The van der Waals surface area contributed by atoms with Crippen molar-refractivity contribution in [1.29, 1.82) is 0 Å². The number of amides is 1. The first-order valence-electron chi connectivity index (χ1n) is 7.16. The molecule has 1 fully saturated rings. The number of aryl methyl sites for hydroxylation is 2. The Morgan fingerprint density at radius 3 is 2.40 bits per heavy atom. The molecule has 0 aliphatic carbocycles. The van der Waals surface area contributed by atoms with Gasteiger partial charge in [-0.2, -0.15) is 0 Å². The second kappa shape index (κ2) is 6.86. The zero-order valence-electron chi connectivity index (χ0n) is 12.7. The fraction of sp³-hybridized carbons (Fsp3) is 0.562. The van der Waals surface area contributed by atoms with E-state index in [1.165, 1.54) is 16.7 Å². The van der Waals surface area contributed by atoms with Crippen LogP contribution >= 0.6 is 0 Å². The third-order valence-electron chi connectivity index (χ3n) is 3.50. The zero-order valence-corrected chi connectivity index (χ0v) is 12.7. The summed E-state index contributed by atoms with van der Waals surface area (Å²) in [7, 11) is 2.00. The van der Waals surface area contributed by atoms with E-state index in [1.54, 1.807) is 0 Å². The van der Waals surface area contributed by atoms with Crippen molar-refractivity contribution in [3.63, 3.8) is 0 Å². The lowest BCUT2D eigenvalue weighted by atomic mass is 10.1. The zero-order chi connectivity index (χ0) is 14.5. The van der Waals surface area contributed by atoms with Crippen LogP contribution in [0.3, 0.4) is 0 Å². The van der Waals surface area contributed by atoms with Gasteiger partial charge in [0.1, 0.15) is 0 Å². The summed E-state index contributed by atoms with van der Waals surface area (Å²) in [5, 5.41) is 0. The Balaban J connectivity index is 1.88. The number of likely N-dealkylation sites (N-methyl/N-ethyl adjacent to an activating group) is 1. The molecule has 0 atom stereocenters. The molecule has 0 unspecified atom stereocenters. The quantitative estimate of drug-likeness (QED) is 0.837. The van der Waals surface area contributed by atoms with Crippen LogP contribution in [0.25, 0.3) is 0 Å². The molecule has 1 amide bonds. The van der Waals surface area contributed by atoms with Crippen LogP contribution in [0.2, 0.25) is 0 Å². The molecule has 0 bridgehead atoms. The molecule has 0 spiro atoms. The average molecular weight is 276 g/mol. The van der Waals surface area contributed by atoms with Crippen molar-refractivity contribution in [2.75, 3.05) is 39.9 Å². The first kappa shape index (κ1) is 15.0. The summed E-state index contributed by atoms with van der Waals surface area (Å²) in [6.45, 7) is 8.24. The highest BCUT2D eigenvalue weighted by atomic mass is 16.5. The van der Waals surface area contributed by atoms with Crippen molar-refractivity contribution in [2.45, 2.75) is 20.4 Å². The van der Waals surface area contributed by atoms with Crippen LogP contribution in [0.4, 0.5) is 0 Å². The Morgan fingerprint density at radius 1 is 1.20 bits per heavy atom. The first-order chi connectivity index (χ1) is 9.54. The molecule has 1 aromatic carbocycles. The largest absolute Gasteiger partial charge is 0.378 e. The summed E-state index contributed by atoms with van der Waals surface area (Å²) in [4.78, 5) is 16.1. The van der Waals surface area contributed by atoms with E-state index in [1.807, 2.05) is 11.9 Å². The molecule has 1 aliphatic rings. The molecule has 1 aromatic rings. The SMILES string of the molecule is Cc1cc(C)cc(CN(C)CC(=O)N2CCOCC2)c1. The number of benzene rings is 1. The maximum Gasteiger partial charge on any atom is 0.236 e. The summed E-state index contributed by atoms with van der Waals surface area (Å²) in [5.74, 6) is 0.195. The van der Waals surface area contributed by atoms with Gasteiger partial charge in [-0.05, 0) is 26.5 Å². The van der Waals surface area contributed by atoms with Gasteiger partial charge in [-0.3, -0.25) is 9.69 Å². The molecule has 0 saturated carbocycles. The second-order valence-corrected chi connectivity index (χ2v) is 5.66. The summed E-state index contributed by atoms with van der Waals surface area (Å²) in [6, 6.07) is 6.54. The summed E-state index contributed by atoms with van der Waals surface area (Å²) in [5.41, 5.74) is 3.81. The molecule has 0 N–H and O–H groups in total. The van der Waals surface area contributed by atoms with Crippen LogP contribution in [0.15, 0.2) is 18.2 Å². The molecular formula is C16H24N2O2. The Bertz CT molecular complexity index is 447. The Kier molecular flexibility index (Phi) is 5.15. The maximum absolute atomic E-state index is 12.2. The van der Waals surface area contributed by atoms with Gasteiger partial charge < -0.3 is 9.64 Å². The lowest BCUT2D eigenvalue weighted by Crippen LogP contribution is -2.44. The maximum atomic E-state index is 12.2. The normalized spacial score (nSPS) is 15.7. The van der Waals surface area contributed by atoms with Crippen molar-refractivity contribution in [1.82, 2.24) is 9.80 Å². The highest BCUT2D eigenvalue weighted by Crippen LogP contribution is 2.11. The van der Waals surface area contributed by atoms with Gasteiger partial charge in [-0.25, -0.2) is 0 Å². The number of hydrogen-bond acceptors (Lipinski definition) is 3. The van der Waals surface area contributed by atoms with Crippen molar-refractivity contribution in [3.8, 4) is 0 Å². The topological polar surface area (TPSA) is 32.8 Å². The average Bonchev–Trinajstić information content (AvgIpc) is 2.38. The molecule has 0 aromatic heterocycles. The first-order valence-corrected chi connectivity index (χ1v) is 7.16. The number of morpholine rings is 1. The van der Waals surface area contributed by atoms with Crippen molar-refractivity contribution >= 4 is 5.91 Å². The van der Waals surface area contributed by atoms with E-state index in [0.717, 1.165) is 19.6 Å². The minimum atomic E-state index is 0.195. The molecule has 1 heterocycles. The number of rotatable bonds is 4. The third kappa shape index (κ3) is 4.32. The van der Waals surface area contributed by atoms with E-state index in [2.05, 4.69) is 36.9 Å². The van der Waals surface area contributed by atoms with Crippen molar-refractivity contribution in [2.24, 2.45) is 0 Å². The van der Waals surface area contributed by atoms with Crippen LogP contribution in [0, 0.1) is 13.8 Å². The van der Waals surface area contributed by atoms with E-state index in [-0.39, 0.29) is 5.91 Å². The van der Waals surface area contributed by atoms with Gasteiger partial charge in [0, 0.05) is 19.6 Å². The van der Waals surface area contributed by atoms with E-state index in [0.29, 0.717) is 19.8 Å².